The lowest BCUT2D eigenvalue weighted by molar-refractivity contribution is -0.130. The van der Waals surface area contributed by atoms with Crippen molar-refractivity contribution >= 4 is 11.9 Å². The van der Waals surface area contributed by atoms with Gasteiger partial charge in [-0.15, -0.1) is 0 Å². The molecule has 0 unspecified atom stereocenters. The minimum atomic E-state index is -0.932. The van der Waals surface area contributed by atoms with Crippen LogP contribution in [0.4, 0.5) is 0 Å². The zero-order valence-corrected chi connectivity index (χ0v) is 15.2. The molecule has 1 saturated carbocycles. The van der Waals surface area contributed by atoms with Gasteiger partial charge in [-0.05, 0) is 37.3 Å². The minimum absolute atomic E-state index is 0.0000988. The Labute approximate surface area is 148 Å². The quantitative estimate of drug-likeness (QED) is 0.799. The molecule has 0 spiro atoms. The zero-order valence-electron chi connectivity index (χ0n) is 15.2. The molecule has 138 valence electrons. The van der Waals surface area contributed by atoms with Crippen LogP contribution in [-0.2, 0) is 9.53 Å². The van der Waals surface area contributed by atoms with Crippen LogP contribution in [0.1, 0.15) is 50.4 Å². The van der Waals surface area contributed by atoms with Crippen molar-refractivity contribution < 1.29 is 24.2 Å². The number of amides is 1. The van der Waals surface area contributed by atoms with Gasteiger partial charge in [0, 0.05) is 12.1 Å². The number of esters is 1. The normalized spacial score (nSPS) is 24.2. The Morgan fingerprint density at radius 2 is 2.00 bits per heavy atom. The van der Waals surface area contributed by atoms with Gasteiger partial charge >= 0.3 is 5.97 Å². The van der Waals surface area contributed by atoms with Gasteiger partial charge in [0.25, 0.3) is 5.91 Å². The Bertz CT molecular complexity index is 630. The maximum absolute atomic E-state index is 12.3. The van der Waals surface area contributed by atoms with Crippen molar-refractivity contribution in [3.8, 4) is 11.5 Å². The summed E-state index contributed by atoms with van der Waals surface area (Å²) in [4.78, 5) is 24.5. The number of rotatable bonds is 5. The SMILES string of the molecule is COc1ccc(C(=O)O[C@H](C)C(=O)N[C@@H]2CCC[C@@H](C)[C@H]2C)c(O)c1. The van der Waals surface area contributed by atoms with Crippen molar-refractivity contribution in [2.45, 2.75) is 52.2 Å². The van der Waals surface area contributed by atoms with E-state index in [-0.39, 0.29) is 23.3 Å². The highest BCUT2D eigenvalue weighted by atomic mass is 16.5. The second-order valence-corrected chi connectivity index (χ2v) is 6.81. The summed E-state index contributed by atoms with van der Waals surface area (Å²) >= 11 is 0. The molecule has 0 saturated heterocycles. The van der Waals surface area contributed by atoms with E-state index in [0.717, 1.165) is 12.8 Å². The van der Waals surface area contributed by atoms with Crippen LogP contribution in [0.5, 0.6) is 11.5 Å². The average Bonchev–Trinajstić information content (AvgIpc) is 2.58. The summed E-state index contributed by atoms with van der Waals surface area (Å²) in [7, 11) is 1.46. The van der Waals surface area contributed by atoms with E-state index in [9.17, 15) is 14.7 Å². The molecule has 2 rings (SSSR count). The molecule has 1 aromatic rings. The Hall–Kier alpha value is -2.24. The molecule has 25 heavy (non-hydrogen) atoms. The number of aromatic hydroxyl groups is 1. The van der Waals surface area contributed by atoms with Crippen LogP contribution in [0.3, 0.4) is 0 Å². The van der Waals surface area contributed by atoms with Gasteiger partial charge < -0.3 is 19.9 Å². The van der Waals surface area contributed by atoms with E-state index in [1.165, 1.54) is 32.6 Å². The third-order valence-corrected chi connectivity index (χ3v) is 5.11. The van der Waals surface area contributed by atoms with Crippen LogP contribution in [0.25, 0.3) is 0 Å². The summed E-state index contributed by atoms with van der Waals surface area (Å²) in [5.41, 5.74) is 0.0000988. The summed E-state index contributed by atoms with van der Waals surface area (Å²) in [6, 6.07) is 4.39. The number of benzene rings is 1. The number of phenols is 1. The molecule has 4 atom stereocenters. The number of nitrogens with one attached hydrogen (secondary N) is 1. The largest absolute Gasteiger partial charge is 0.507 e. The number of carbonyl (C=O) groups excluding carboxylic acids is 2. The first-order valence-corrected chi connectivity index (χ1v) is 8.71. The fourth-order valence-corrected chi connectivity index (χ4v) is 3.17. The fourth-order valence-electron chi connectivity index (χ4n) is 3.17. The average molecular weight is 349 g/mol. The first kappa shape index (κ1) is 19.1. The summed E-state index contributed by atoms with van der Waals surface area (Å²) in [6.45, 7) is 5.87. The Morgan fingerprint density at radius 1 is 1.28 bits per heavy atom. The molecule has 1 amide bonds. The van der Waals surface area contributed by atoms with Gasteiger partial charge in [-0.1, -0.05) is 26.7 Å². The predicted molar refractivity (Wildman–Crippen MR) is 93.6 cm³/mol. The molecule has 1 fully saturated rings. The molecule has 6 heteroatoms. The van der Waals surface area contributed by atoms with Crippen molar-refractivity contribution in [3.63, 3.8) is 0 Å². The van der Waals surface area contributed by atoms with Gasteiger partial charge in [0.2, 0.25) is 0 Å². The monoisotopic (exact) mass is 349 g/mol. The molecule has 1 aliphatic rings. The summed E-state index contributed by atoms with van der Waals surface area (Å²) in [5, 5.41) is 12.9. The molecule has 0 bridgehead atoms. The molecule has 0 radical (unpaired) electrons. The van der Waals surface area contributed by atoms with Gasteiger partial charge in [0.15, 0.2) is 6.10 Å². The number of phenolic OH excluding ortho intramolecular Hbond substituents is 1. The van der Waals surface area contributed by atoms with E-state index >= 15 is 0 Å². The summed E-state index contributed by atoms with van der Waals surface area (Å²) in [6.07, 6.45) is 2.27. The van der Waals surface area contributed by atoms with Crippen LogP contribution >= 0.6 is 0 Å². The van der Waals surface area contributed by atoms with Gasteiger partial charge in [-0.3, -0.25) is 4.79 Å². The number of carbonyl (C=O) groups is 2. The first-order chi connectivity index (χ1) is 11.8. The van der Waals surface area contributed by atoms with Crippen molar-refractivity contribution in [2.75, 3.05) is 7.11 Å². The van der Waals surface area contributed by atoms with Crippen molar-refractivity contribution in [1.29, 1.82) is 0 Å². The fraction of sp³-hybridized carbons (Fsp3) is 0.579. The van der Waals surface area contributed by atoms with Crippen LogP contribution in [0.15, 0.2) is 18.2 Å². The lowest BCUT2D eigenvalue weighted by Gasteiger charge is -2.35. The smallest absolute Gasteiger partial charge is 0.342 e. The maximum atomic E-state index is 12.3. The summed E-state index contributed by atoms with van der Waals surface area (Å²) in [5.74, 6) is 0.0893. The molecule has 6 nitrogen and oxygen atoms in total. The van der Waals surface area contributed by atoms with Crippen LogP contribution in [0, 0.1) is 11.8 Å². The highest BCUT2D eigenvalue weighted by molar-refractivity contribution is 5.94. The molecule has 0 aliphatic heterocycles. The van der Waals surface area contributed by atoms with E-state index in [1.807, 2.05) is 0 Å². The van der Waals surface area contributed by atoms with E-state index in [0.29, 0.717) is 17.6 Å². The number of hydrogen-bond acceptors (Lipinski definition) is 5. The van der Waals surface area contributed by atoms with Crippen molar-refractivity contribution in [2.24, 2.45) is 11.8 Å². The van der Waals surface area contributed by atoms with Crippen molar-refractivity contribution in [1.82, 2.24) is 5.32 Å². The molecular formula is C19H27NO5. The number of methoxy groups -OCH3 is 1. The van der Waals surface area contributed by atoms with Crippen molar-refractivity contribution in [3.05, 3.63) is 23.8 Å². The number of ether oxygens (including phenoxy) is 2. The molecule has 0 aromatic heterocycles. The number of hydrogen-bond donors (Lipinski definition) is 2. The van der Waals surface area contributed by atoms with E-state index in [1.54, 1.807) is 6.07 Å². The second kappa shape index (κ2) is 8.23. The van der Waals surface area contributed by atoms with Gasteiger partial charge in [0.1, 0.15) is 17.1 Å². The second-order valence-electron chi connectivity index (χ2n) is 6.81. The van der Waals surface area contributed by atoms with Crippen LogP contribution < -0.4 is 10.1 Å². The molecule has 2 N–H and O–H groups in total. The topological polar surface area (TPSA) is 84.9 Å². The van der Waals surface area contributed by atoms with E-state index in [4.69, 9.17) is 9.47 Å². The highest BCUT2D eigenvalue weighted by Crippen LogP contribution is 2.29. The van der Waals surface area contributed by atoms with E-state index < -0.39 is 12.1 Å². The van der Waals surface area contributed by atoms with Crippen LogP contribution in [-0.4, -0.2) is 36.2 Å². The molecule has 1 aliphatic carbocycles. The molecular weight excluding hydrogens is 322 g/mol. The summed E-state index contributed by atoms with van der Waals surface area (Å²) < 4.78 is 10.2. The minimum Gasteiger partial charge on any atom is -0.507 e. The third-order valence-electron chi connectivity index (χ3n) is 5.11. The first-order valence-electron chi connectivity index (χ1n) is 8.71. The van der Waals surface area contributed by atoms with Crippen LogP contribution in [0.2, 0.25) is 0 Å². The third kappa shape index (κ3) is 4.65. The van der Waals surface area contributed by atoms with E-state index in [2.05, 4.69) is 19.2 Å². The van der Waals surface area contributed by atoms with Gasteiger partial charge in [-0.2, -0.15) is 0 Å². The Kier molecular flexibility index (Phi) is 6.28. The Morgan fingerprint density at radius 3 is 2.64 bits per heavy atom. The lowest BCUT2D eigenvalue weighted by Crippen LogP contribution is -2.47. The Balaban J connectivity index is 1.95. The van der Waals surface area contributed by atoms with Gasteiger partial charge in [-0.25, -0.2) is 4.79 Å². The molecule has 1 aromatic carbocycles. The maximum Gasteiger partial charge on any atom is 0.342 e. The lowest BCUT2D eigenvalue weighted by atomic mass is 9.78. The predicted octanol–water partition coefficient (Wildman–Crippen LogP) is 2.89. The standard InChI is InChI=1S/C19H27NO5/c1-11-6-5-7-16(12(11)2)20-18(22)13(3)25-19(23)15-9-8-14(24-4)10-17(15)21/h8-13,16,21H,5-7H2,1-4H3,(H,20,22)/t11-,12-,13-,16-/m1/s1. The zero-order chi connectivity index (χ0) is 18.6. The highest BCUT2D eigenvalue weighted by Gasteiger charge is 2.30. The molecule has 0 heterocycles. The van der Waals surface area contributed by atoms with Gasteiger partial charge in [0.05, 0.1) is 7.11 Å².